The number of hydrogen-bond donors (Lipinski definition) is 0. The molecule has 2 atom stereocenters. The topological polar surface area (TPSA) is 49.2 Å². The molecular formula is C21H23N3O2S. The Labute approximate surface area is 163 Å². The lowest BCUT2D eigenvalue weighted by Gasteiger charge is -2.25. The lowest BCUT2D eigenvalue weighted by Crippen LogP contribution is -2.24. The molecule has 1 aromatic heterocycles. The summed E-state index contributed by atoms with van der Waals surface area (Å²) in [5, 5.41) is 10.1. The van der Waals surface area contributed by atoms with Gasteiger partial charge in [0.2, 0.25) is 0 Å². The summed E-state index contributed by atoms with van der Waals surface area (Å²) in [6.07, 6.45) is 1.91. The molecule has 4 rings (SSSR count). The van der Waals surface area contributed by atoms with Crippen molar-refractivity contribution in [3.63, 3.8) is 0 Å². The van der Waals surface area contributed by atoms with Crippen LogP contribution in [0.2, 0.25) is 0 Å². The largest absolute Gasteiger partial charge is 0.485 e. The SMILES string of the molecule is CC(CCc1ccccc1)Sc1nnc(C2COc3ccccc3O2)n1C. The molecule has 1 aliphatic rings. The summed E-state index contributed by atoms with van der Waals surface area (Å²) in [5.41, 5.74) is 1.37. The van der Waals surface area contributed by atoms with E-state index in [1.807, 2.05) is 35.9 Å². The van der Waals surface area contributed by atoms with Crippen LogP contribution >= 0.6 is 11.8 Å². The van der Waals surface area contributed by atoms with E-state index in [1.165, 1.54) is 5.56 Å². The van der Waals surface area contributed by atoms with E-state index < -0.39 is 0 Å². The monoisotopic (exact) mass is 381 g/mol. The molecule has 2 heterocycles. The van der Waals surface area contributed by atoms with Gasteiger partial charge in [-0.15, -0.1) is 10.2 Å². The highest BCUT2D eigenvalue weighted by Gasteiger charge is 2.27. The summed E-state index contributed by atoms with van der Waals surface area (Å²) in [4.78, 5) is 0. The van der Waals surface area contributed by atoms with Crippen LogP contribution in [0.4, 0.5) is 0 Å². The molecule has 2 unspecified atom stereocenters. The van der Waals surface area contributed by atoms with E-state index in [0.29, 0.717) is 11.9 Å². The molecule has 0 N–H and O–H groups in total. The minimum Gasteiger partial charge on any atom is -0.485 e. The van der Waals surface area contributed by atoms with E-state index in [0.717, 1.165) is 35.3 Å². The lowest BCUT2D eigenvalue weighted by molar-refractivity contribution is 0.0825. The van der Waals surface area contributed by atoms with Gasteiger partial charge in [0.15, 0.2) is 28.6 Å². The summed E-state index contributed by atoms with van der Waals surface area (Å²) in [5.74, 6) is 2.32. The molecule has 0 aliphatic carbocycles. The van der Waals surface area contributed by atoms with Crippen LogP contribution in [0.15, 0.2) is 59.8 Å². The van der Waals surface area contributed by atoms with E-state index in [9.17, 15) is 0 Å². The molecular weight excluding hydrogens is 358 g/mol. The molecule has 0 bridgehead atoms. The first kappa shape index (κ1) is 17.9. The second-order valence-electron chi connectivity index (χ2n) is 6.72. The maximum Gasteiger partial charge on any atom is 0.192 e. The van der Waals surface area contributed by atoms with Gasteiger partial charge in [-0.1, -0.05) is 61.2 Å². The second-order valence-corrected chi connectivity index (χ2v) is 8.12. The predicted molar refractivity (Wildman–Crippen MR) is 106 cm³/mol. The summed E-state index contributed by atoms with van der Waals surface area (Å²) in [6, 6.07) is 18.3. The Bertz CT molecular complexity index is 897. The summed E-state index contributed by atoms with van der Waals surface area (Å²) in [6.45, 7) is 2.68. The molecule has 140 valence electrons. The Kier molecular flexibility index (Phi) is 5.34. The second kappa shape index (κ2) is 8.05. The van der Waals surface area contributed by atoms with Gasteiger partial charge in [-0.3, -0.25) is 0 Å². The van der Waals surface area contributed by atoms with Crippen molar-refractivity contribution < 1.29 is 9.47 Å². The molecule has 0 fully saturated rings. The smallest absolute Gasteiger partial charge is 0.192 e. The van der Waals surface area contributed by atoms with Gasteiger partial charge in [0.25, 0.3) is 0 Å². The van der Waals surface area contributed by atoms with Crippen molar-refractivity contribution in [3.05, 3.63) is 66.0 Å². The Balaban J connectivity index is 1.39. The van der Waals surface area contributed by atoms with Crippen molar-refractivity contribution >= 4 is 11.8 Å². The van der Waals surface area contributed by atoms with Crippen molar-refractivity contribution in [1.82, 2.24) is 14.8 Å². The Hall–Kier alpha value is -2.47. The molecule has 2 aromatic carbocycles. The third kappa shape index (κ3) is 4.11. The Morgan fingerprint density at radius 2 is 1.81 bits per heavy atom. The quantitative estimate of drug-likeness (QED) is 0.591. The number of ether oxygens (including phenoxy) is 2. The molecule has 3 aromatic rings. The minimum absolute atomic E-state index is 0.244. The number of rotatable bonds is 6. The van der Waals surface area contributed by atoms with Gasteiger partial charge in [0.1, 0.15) is 6.61 Å². The maximum absolute atomic E-state index is 6.06. The highest BCUT2D eigenvalue weighted by molar-refractivity contribution is 7.99. The summed E-state index contributed by atoms with van der Waals surface area (Å²) < 4.78 is 13.9. The first-order valence-corrected chi connectivity index (χ1v) is 10.1. The first-order valence-electron chi connectivity index (χ1n) is 9.19. The Morgan fingerprint density at radius 1 is 1.07 bits per heavy atom. The van der Waals surface area contributed by atoms with Gasteiger partial charge in [0.05, 0.1) is 0 Å². The van der Waals surface area contributed by atoms with Crippen molar-refractivity contribution in [1.29, 1.82) is 0 Å². The third-order valence-corrected chi connectivity index (χ3v) is 5.86. The number of hydrogen-bond acceptors (Lipinski definition) is 5. The van der Waals surface area contributed by atoms with Gasteiger partial charge in [-0.25, -0.2) is 0 Å². The van der Waals surface area contributed by atoms with Crippen LogP contribution < -0.4 is 9.47 Å². The molecule has 6 heteroatoms. The fourth-order valence-electron chi connectivity index (χ4n) is 3.11. The fraction of sp³-hybridized carbons (Fsp3) is 0.333. The fourth-order valence-corrected chi connectivity index (χ4v) is 4.04. The normalized spacial score (nSPS) is 16.9. The average Bonchev–Trinajstić information content (AvgIpc) is 3.07. The zero-order chi connectivity index (χ0) is 18.6. The van der Waals surface area contributed by atoms with Crippen LogP contribution in [-0.4, -0.2) is 26.6 Å². The van der Waals surface area contributed by atoms with E-state index >= 15 is 0 Å². The highest BCUT2D eigenvalue weighted by atomic mass is 32.2. The number of para-hydroxylation sites is 2. The van der Waals surface area contributed by atoms with Crippen molar-refractivity contribution in [2.45, 2.75) is 36.3 Å². The van der Waals surface area contributed by atoms with Crippen LogP contribution in [-0.2, 0) is 13.5 Å². The number of benzene rings is 2. The number of thioether (sulfide) groups is 1. The van der Waals surface area contributed by atoms with Gasteiger partial charge < -0.3 is 14.0 Å². The minimum atomic E-state index is -0.244. The van der Waals surface area contributed by atoms with Crippen LogP contribution in [0, 0.1) is 0 Å². The summed E-state index contributed by atoms with van der Waals surface area (Å²) >= 11 is 1.75. The zero-order valence-corrected chi connectivity index (χ0v) is 16.4. The van der Waals surface area contributed by atoms with Gasteiger partial charge in [0, 0.05) is 12.3 Å². The molecule has 1 aliphatic heterocycles. The molecule has 0 spiro atoms. The van der Waals surface area contributed by atoms with E-state index in [4.69, 9.17) is 9.47 Å². The molecule has 0 amide bonds. The van der Waals surface area contributed by atoms with E-state index in [1.54, 1.807) is 11.8 Å². The van der Waals surface area contributed by atoms with E-state index in [2.05, 4.69) is 47.5 Å². The molecule has 5 nitrogen and oxygen atoms in total. The first-order chi connectivity index (χ1) is 13.2. The molecule has 0 radical (unpaired) electrons. The van der Waals surface area contributed by atoms with Crippen molar-refractivity contribution in [3.8, 4) is 11.5 Å². The number of fused-ring (bicyclic) bond motifs is 1. The standard InChI is InChI=1S/C21H23N3O2S/c1-15(12-13-16-8-4-3-5-9-16)27-21-23-22-20(24(21)2)19-14-25-17-10-6-7-11-18(17)26-19/h3-11,15,19H,12-14H2,1-2H3. The highest BCUT2D eigenvalue weighted by Crippen LogP contribution is 2.36. The van der Waals surface area contributed by atoms with Gasteiger partial charge >= 0.3 is 0 Å². The van der Waals surface area contributed by atoms with Gasteiger partial charge in [-0.2, -0.15) is 0 Å². The number of nitrogens with zero attached hydrogens (tertiary/aromatic N) is 3. The average molecular weight is 382 g/mol. The zero-order valence-electron chi connectivity index (χ0n) is 15.5. The third-order valence-electron chi connectivity index (χ3n) is 4.65. The van der Waals surface area contributed by atoms with Crippen LogP contribution in [0.5, 0.6) is 11.5 Å². The van der Waals surface area contributed by atoms with Crippen LogP contribution in [0.3, 0.4) is 0 Å². The van der Waals surface area contributed by atoms with Crippen LogP contribution in [0.1, 0.15) is 30.8 Å². The number of aryl methyl sites for hydroxylation is 1. The van der Waals surface area contributed by atoms with Gasteiger partial charge in [-0.05, 0) is 30.5 Å². The predicted octanol–water partition coefficient (Wildman–Crippen LogP) is 4.44. The maximum atomic E-state index is 6.06. The molecule has 0 saturated heterocycles. The van der Waals surface area contributed by atoms with Crippen LogP contribution in [0.25, 0.3) is 0 Å². The van der Waals surface area contributed by atoms with E-state index in [-0.39, 0.29) is 6.10 Å². The van der Waals surface area contributed by atoms with Crippen molar-refractivity contribution in [2.75, 3.05) is 6.61 Å². The lowest BCUT2D eigenvalue weighted by atomic mass is 10.1. The van der Waals surface area contributed by atoms with Crippen molar-refractivity contribution in [2.24, 2.45) is 7.05 Å². The summed E-state index contributed by atoms with van der Waals surface area (Å²) in [7, 11) is 1.99. The molecule has 0 saturated carbocycles. The Morgan fingerprint density at radius 3 is 2.63 bits per heavy atom. The molecule has 27 heavy (non-hydrogen) atoms. The number of aromatic nitrogens is 3.